The molecule has 0 bridgehead atoms. The molecule has 1 aliphatic rings. The Bertz CT molecular complexity index is 813. The van der Waals surface area contributed by atoms with Gasteiger partial charge >= 0.3 is 0 Å². The summed E-state index contributed by atoms with van der Waals surface area (Å²) in [6.45, 7) is 4.76. The molecule has 3 unspecified atom stereocenters. The van der Waals surface area contributed by atoms with Gasteiger partial charge in [-0.15, -0.1) is 10.2 Å². The summed E-state index contributed by atoms with van der Waals surface area (Å²) in [5.41, 5.74) is 0. The molecule has 152 valence electrons. The summed E-state index contributed by atoms with van der Waals surface area (Å²) in [6, 6.07) is 7.58. The van der Waals surface area contributed by atoms with Gasteiger partial charge in [-0.2, -0.15) is 0 Å². The fourth-order valence-electron chi connectivity index (χ4n) is 3.46. The third kappa shape index (κ3) is 5.20. The van der Waals surface area contributed by atoms with Crippen LogP contribution in [0.2, 0.25) is 5.02 Å². The first-order chi connectivity index (χ1) is 13.5. The second kappa shape index (κ2) is 9.65. The summed E-state index contributed by atoms with van der Waals surface area (Å²) >= 11 is 7.49. The van der Waals surface area contributed by atoms with Gasteiger partial charge in [0.05, 0.1) is 10.8 Å². The Morgan fingerprint density at radius 3 is 2.89 bits per heavy atom. The Morgan fingerprint density at radius 2 is 2.11 bits per heavy atom. The number of para-hydroxylation sites is 1. The predicted octanol–water partition coefficient (Wildman–Crippen LogP) is 4.08. The van der Waals surface area contributed by atoms with E-state index in [2.05, 4.69) is 29.4 Å². The lowest BCUT2D eigenvalue weighted by atomic mass is 9.78. The van der Waals surface area contributed by atoms with Crippen molar-refractivity contribution >= 4 is 29.3 Å². The van der Waals surface area contributed by atoms with Crippen molar-refractivity contribution < 1.29 is 9.53 Å². The number of aromatic nitrogens is 3. The lowest BCUT2D eigenvalue weighted by Gasteiger charge is -2.34. The second-order valence-electron chi connectivity index (χ2n) is 7.41. The molecular weight excluding hydrogens is 396 g/mol. The van der Waals surface area contributed by atoms with Crippen LogP contribution in [0.4, 0.5) is 0 Å². The van der Waals surface area contributed by atoms with Crippen LogP contribution in [0, 0.1) is 11.8 Å². The van der Waals surface area contributed by atoms with E-state index >= 15 is 0 Å². The topological polar surface area (TPSA) is 69.0 Å². The van der Waals surface area contributed by atoms with Crippen LogP contribution in [0.5, 0.6) is 5.75 Å². The highest BCUT2D eigenvalue weighted by Crippen LogP contribution is 2.29. The SMILES string of the molecule is CC1CCCC(NC(=O)CSc2nnc(COc3ccccc3Cl)n2C)C1C. The van der Waals surface area contributed by atoms with Crippen LogP contribution in [0.15, 0.2) is 29.4 Å². The zero-order valence-electron chi connectivity index (χ0n) is 16.5. The van der Waals surface area contributed by atoms with Crippen molar-refractivity contribution in [1.82, 2.24) is 20.1 Å². The third-order valence-corrected chi connectivity index (χ3v) is 6.84. The molecule has 1 amide bonds. The molecular formula is C20H27ClN4O2S. The van der Waals surface area contributed by atoms with E-state index in [0.29, 0.717) is 39.3 Å². The molecule has 0 spiro atoms. The van der Waals surface area contributed by atoms with Crippen LogP contribution < -0.4 is 10.1 Å². The number of rotatable bonds is 7. The summed E-state index contributed by atoms with van der Waals surface area (Å²) in [5.74, 6) is 2.84. The molecule has 28 heavy (non-hydrogen) atoms. The van der Waals surface area contributed by atoms with Gasteiger partial charge in [-0.05, 0) is 30.4 Å². The van der Waals surface area contributed by atoms with Crippen LogP contribution in [-0.4, -0.2) is 32.5 Å². The molecule has 1 heterocycles. The van der Waals surface area contributed by atoms with E-state index < -0.39 is 0 Å². The van der Waals surface area contributed by atoms with Crippen molar-refractivity contribution in [2.24, 2.45) is 18.9 Å². The molecule has 0 aliphatic heterocycles. The number of carbonyl (C=O) groups excluding carboxylic acids is 1. The summed E-state index contributed by atoms with van der Waals surface area (Å²) in [6.07, 6.45) is 3.50. The Kier molecular flexibility index (Phi) is 7.24. The third-order valence-electron chi connectivity index (χ3n) is 5.50. The summed E-state index contributed by atoms with van der Waals surface area (Å²) < 4.78 is 7.57. The van der Waals surface area contributed by atoms with E-state index in [0.717, 1.165) is 6.42 Å². The molecule has 3 atom stereocenters. The summed E-state index contributed by atoms with van der Waals surface area (Å²) in [5, 5.41) is 12.8. The number of benzene rings is 1. The minimum atomic E-state index is 0.0489. The van der Waals surface area contributed by atoms with E-state index in [9.17, 15) is 4.79 Å². The minimum absolute atomic E-state index is 0.0489. The monoisotopic (exact) mass is 422 g/mol. The van der Waals surface area contributed by atoms with Gasteiger partial charge in [-0.1, -0.05) is 62.2 Å². The number of amides is 1. The van der Waals surface area contributed by atoms with Crippen molar-refractivity contribution in [1.29, 1.82) is 0 Å². The first-order valence-corrected chi connectivity index (χ1v) is 11.0. The van der Waals surface area contributed by atoms with Gasteiger partial charge in [0.2, 0.25) is 5.91 Å². The van der Waals surface area contributed by atoms with Crippen LogP contribution >= 0.6 is 23.4 Å². The fraction of sp³-hybridized carbons (Fsp3) is 0.550. The molecule has 0 saturated heterocycles. The zero-order valence-corrected chi connectivity index (χ0v) is 18.1. The van der Waals surface area contributed by atoms with E-state index in [1.165, 1.54) is 24.6 Å². The molecule has 0 radical (unpaired) electrons. The van der Waals surface area contributed by atoms with Gasteiger partial charge < -0.3 is 14.6 Å². The first kappa shape index (κ1) is 21.0. The summed E-state index contributed by atoms with van der Waals surface area (Å²) in [4.78, 5) is 12.4. The van der Waals surface area contributed by atoms with E-state index in [1.54, 1.807) is 6.07 Å². The van der Waals surface area contributed by atoms with Crippen LogP contribution in [-0.2, 0) is 18.4 Å². The van der Waals surface area contributed by atoms with Crippen molar-refractivity contribution in [3.8, 4) is 5.75 Å². The van der Waals surface area contributed by atoms with Crippen LogP contribution in [0.3, 0.4) is 0 Å². The number of ether oxygens (including phenoxy) is 1. The molecule has 8 heteroatoms. The molecule has 1 aromatic carbocycles. The largest absolute Gasteiger partial charge is 0.484 e. The van der Waals surface area contributed by atoms with Gasteiger partial charge in [-0.3, -0.25) is 4.79 Å². The number of carbonyl (C=O) groups is 1. The van der Waals surface area contributed by atoms with Crippen molar-refractivity contribution in [2.45, 2.75) is 50.9 Å². The highest BCUT2D eigenvalue weighted by atomic mass is 35.5. The number of nitrogens with zero attached hydrogens (tertiary/aromatic N) is 3. The molecule has 1 fully saturated rings. The van der Waals surface area contributed by atoms with E-state index in [4.69, 9.17) is 16.3 Å². The van der Waals surface area contributed by atoms with Crippen LogP contribution in [0.1, 0.15) is 38.9 Å². The molecule has 2 aromatic rings. The maximum absolute atomic E-state index is 12.4. The van der Waals surface area contributed by atoms with Gasteiger partial charge in [-0.25, -0.2) is 0 Å². The van der Waals surface area contributed by atoms with Gasteiger partial charge in [0.15, 0.2) is 11.0 Å². The highest BCUT2D eigenvalue weighted by Gasteiger charge is 2.28. The van der Waals surface area contributed by atoms with Gasteiger partial charge in [0, 0.05) is 13.1 Å². The summed E-state index contributed by atoms with van der Waals surface area (Å²) in [7, 11) is 1.87. The number of thioether (sulfide) groups is 1. The van der Waals surface area contributed by atoms with E-state index in [-0.39, 0.29) is 18.6 Å². The van der Waals surface area contributed by atoms with Crippen LogP contribution in [0.25, 0.3) is 0 Å². The molecule has 1 saturated carbocycles. The Morgan fingerprint density at radius 1 is 1.32 bits per heavy atom. The maximum atomic E-state index is 12.4. The molecule has 1 aliphatic carbocycles. The lowest BCUT2D eigenvalue weighted by Crippen LogP contribution is -2.44. The molecule has 3 rings (SSSR count). The standard InChI is InChI=1S/C20H27ClN4O2S/c1-13-7-6-9-16(14(13)2)22-19(26)12-28-20-24-23-18(25(20)3)11-27-17-10-5-4-8-15(17)21/h4-5,8,10,13-14,16H,6-7,9,11-12H2,1-3H3,(H,22,26). The van der Waals surface area contributed by atoms with E-state index in [1.807, 2.05) is 29.8 Å². The Labute approximate surface area is 175 Å². The van der Waals surface area contributed by atoms with Crippen molar-refractivity contribution in [2.75, 3.05) is 5.75 Å². The Balaban J connectivity index is 1.50. The number of hydrogen-bond acceptors (Lipinski definition) is 5. The second-order valence-corrected chi connectivity index (χ2v) is 8.76. The quantitative estimate of drug-likeness (QED) is 0.681. The lowest BCUT2D eigenvalue weighted by molar-refractivity contribution is -0.120. The average Bonchev–Trinajstić information content (AvgIpc) is 3.03. The smallest absolute Gasteiger partial charge is 0.230 e. The maximum Gasteiger partial charge on any atom is 0.230 e. The zero-order chi connectivity index (χ0) is 20.1. The molecule has 6 nitrogen and oxygen atoms in total. The normalized spacial score (nSPS) is 22.1. The highest BCUT2D eigenvalue weighted by molar-refractivity contribution is 7.99. The average molecular weight is 423 g/mol. The van der Waals surface area contributed by atoms with Gasteiger partial charge in [0.1, 0.15) is 12.4 Å². The number of nitrogens with one attached hydrogen (secondary N) is 1. The van der Waals surface area contributed by atoms with Crippen molar-refractivity contribution in [3.63, 3.8) is 0 Å². The molecule has 1 N–H and O–H groups in total. The predicted molar refractivity (Wildman–Crippen MR) is 112 cm³/mol. The number of hydrogen-bond donors (Lipinski definition) is 1. The number of halogens is 1. The van der Waals surface area contributed by atoms with Crippen molar-refractivity contribution in [3.05, 3.63) is 35.1 Å². The fourth-order valence-corrected chi connectivity index (χ4v) is 4.40. The minimum Gasteiger partial charge on any atom is -0.484 e. The Hall–Kier alpha value is -1.73. The first-order valence-electron chi connectivity index (χ1n) is 9.63. The molecule has 1 aromatic heterocycles. The van der Waals surface area contributed by atoms with Gasteiger partial charge in [0.25, 0.3) is 0 Å².